The number of hydrogen-bond acceptors (Lipinski definition) is 9. The topological polar surface area (TPSA) is 160 Å². The molecule has 2 rings (SSSR count). The number of carbonyl (C=O) groups is 2. The van der Waals surface area contributed by atoms with Gasteiger partial charge in [-0.15, -0.1) is 0 Å². The predicted molar refractivity (Wildman–Crippen MR) is 78.9 cm³/mol. The first-order valence-corrected chi connectivity index (χ1v) is 6.81. The van der Waals surface area contributed by atoms with Gasteiger partial charge >= 0.3 is 11.9 Å². The number of nitrogens with two attached hydrogens (primary N) is 1. The van der Waals surface area contributed by atoms with Crippen LogP contribution in [0.25, 0.3) is 0 Å². The Hall–Kier alpha value is -2.82. The first kappa shape index (κ1) is 16.5. The molecule has 0 fully saturated rings. The van der Waals surface area contributed by atoms with Crippen LogP contribution in [0.2, 0.25) is 0 Å². The van der Waals surface area contributed by atoms with Gasteiger partial charge in [0.1, 0.15) is 19.0 Å². The van der Waals surface area contributed by atoms with Gasteiger partial charge < -0.3 is 30.5 Å². The summed E-state index contributed by atoms with van der Waals surface area (Å²) in [4.78, 5) is 41.2. The molecule has 0 radical (unpaired) electrons. The molecule has 11 heteroatoms. The molecule has 0 saturated carbocycles. The van der Waals surface area contributed by atoms with Crippen LogP contribution in [0.15, 0.2) is 4.79 Å². The maximum Gasteiger partial charge on any atom is 0.306 e. The second-order valence-electron chi connectivity index (χ2n) is 4.68. The molecule has 0 spiro atoms. The van der Waals surface area contributed by atoms with Gasteiger partial charge in [0.15, 0.2) is 5.82 Å². The Kier molecular flexibility index (Phi) is 5.36. The Balaban J connectivity index is 1.70. The van der Waals surface area contributed by atoms with Gasteiger partial charge in [0.05, 0.1) is 26.1 Å². The number of carboxylic acid groups (broad SMARTS) is 1. The number of nitrogens with zero attached hydrogens (tertiary/aromatic N) is 2. The fourth-order valence-corrected chi connectivity index (χ4v) is 1.89. The molecule has 0 aromatic carbocycles. The zero-order valence-corrected chi connectivity index (χ0v) is 12.2. The normalized spacial score (nSPS) is 12.6. The summed E-state index contributed by atoms with van der Waals surface area (Å²) in [6.45, 7) is 0.608. The number of aromatic amines is 1. The quantitative estimate of drug-likeness (QED) is 0.341. The lowest BCUT2D eigenvalue weighted by molar-refractivity contribution is -0.148. The standard InChI is InChI=1S/C12H17N5O6/c13-12-15-10-9(11(21)16-12)14-5-17(10)6-22-3-4-23-8(20)2-1-7(18)19/h14H,1-6H2,(H,18,19)(H3,13,15,16,21). The van der Waals surface area contributed by atoms with E-state index < -0.39 is 11.9 Å². The highest BCUT2D eigenvalue weighted by Gasteiger charge is 2.23. The van der Waals surface area contributed by atoms with Crippen molar-refractivity contribution in [1.29, 1.82) is 0 Å². The molecule has 0 unspecified atom stereocenters. The van der Waals surface area contributed by atoms with Crippen molar-refractivity contribution < 1.29 is 24.2 Å². The Morgan fingerprint density at radius 1 is 1.35 bits per heavy atom. The van der Waals surface area contributed by atoms with Gasteiger partial charge in [-0.2, -0.15) is 4.98 Å². The smallest absolute Gasteiger partial charge is 0.306 e. The number of esters is 1. The second-order valence-corrected chi connectivity index (χ2v) is 4.68. The van der Waals surface area contributed by atoms with Crippen molar-refractivity contribution >= 4 is 29.4 Å². The molecular formula is C12H17N5O6. The van der Waals surface area contributed by atoms with Gasteiger partial charge in [-0.25, -0.2) is 0 Å². The van der Waals surface area contributed by atoms with Gasteiger partial charge in [0.25, 0.3) is 5.56 Å². The number of carboxylic acids is 1. The fourth-order valence-electron chi connectivity index (χ4n) is 1.89. The number of rotatable bonds is 8. The second kappa shape index (κ2) is 7.45. The molecule has 5 N–H and O–H groups in total. The van der Waals surface area contributed by atoms with Crippen LogP contribution in [0, 0.1) is 0 Å². The van der Waals surface area contributed by atoms with Gasteiger partial charge in [0, 0.05) is 0 Å². The Bertz CT molecular complexity index is 645. The molecule has 1 aromatic heterocycles. The number of carbonyl (C=O) groups excluding carboxylic acids is 1. The van der Waals surface area contributed by atoms with E-state index in [1.165, 1.54) is 0 Å². The zero-order valence-electron chi connectivity index (χ0n) is 12.2. The lowest BCUT2D eigenvalue weighted by Gasteiger charge is -2.16. The monoisotopic (exact) mass is 327 g/mol. The largest absolute Gasteiger partial charge is 0.481 e. The predicted octanol–water partition coefficient (Wildman–Crippen LogP) is -1.08. The van der Waals surface area contributed by atoms with Crippen molar-refractivity contribution in [3.05, 3.63) is 10.4 Å². The minimum absolute atomic E-state index is 0.00908. The van der Waals surface area contributed by atoms with E-state index in [1.807, 2.05) is 0 Å². The molecule has 0 aliphatic carbocycles. The maximum atomic E-state index is 11.6. The Morgan fingerprint density at radius 3 is 2.87 bits per heavy atom. The summed E-state index contributed by atoms with van der Waals surface area (Å²) in [5.74, 6) is -1.25. The number of anilines is 3. The summed E-state index contributed by atoms with van der Waals surface area (Å²) in [7, 11) is 0. The first-order valence-electron chi connectivity index (χ1n) is 6.81. The Labute approximate surface area is 130 Å². The van der Waals surface area contributed by atoms with Crippen molar-refractivity contribution in [3.8, 4) is 0 Å². The molecule has 0 amide bonds. The van der Waals surface area contributed by atoms with Crippen molar-refractivity contribution in [1.82, 2.24) is 9.97 Å². The van der Waals surface area contributed by atoms with Gasteiger partial charge in [-0.3, -0.25) is 19.4 Å². The van der Waals surface area contributed by atoms with Crippen LogP contribution in [0.4, 0.5) is 17.5 Å². The van der Waals surface area contributed by atoms with Gasteiger partial charge in [-0.1, -0.05) is 0 Å². The van der Waals surface area contributed by atoms with E-state index >= 15 is 0 Å². The molecular weight excluding hydrogens is 310 g/mol. The lowest BCUT2D eigenvalue weighted by Crippen LogP contribution is -2.27. The summed E-state index contributed by atoms with van der Waals surface area (Å²) < 4.78 is 10.1. The van der Waals surface area contributed by atoms with E-state index in [-0.39, 0.29) is 44.3 Å². The maximum absolute atomic E-state index is 11.6. The molecule has 126 valence electrons. The van der Waals surface area contributed by atoms with E-state index in [4.69, 9.17) is 20.3 Å². The number of H-pyrrole nitrogens is 1. The van der Waals surface area contributed by atoms with Gasteiger partial charge in [0.2, 0.25) is 5.95 Å². The average molecular weight is 327 g/mol. The molecule has 23 heavy (non-hydrogen) atoms. The Morgan fingerprint density at radius 2 is 2.13 bits per heavy atom. The van der Waals surface area contributed by atoms with Crippen LogP contribution in [0.5, 0.6) is 0 Å². The van der Waals surface area contributed by atoms with Crippen LogP contribution in [0.3, 0.4) is 0 Å². The van der Waals surface area contributed by atoms with Crippen LogP contribution in [-0.4, -0.2) is 53.6 Å². The van der Waals surface area contributed by atoms with Crippen molar-refractivity contribution in [2.24, 2.45) is 0 Å². The van der Waals surface area contributed by atoms with E-state index in [0.29, 0.717) is 18.2 Å². The summed E-state index contributed by atoms with van der Waals surface area (Å²) in [6, 6.07) is 0. The van der Waals surface area contributed by atoms with E-state index in [1.54, 1.807) is 4.90 Å². The molecule has 2 heterocycles. The van der Waals surface area contributed by atoms with E-state index in [9.17, 15) is 14.4 Å². The summed E-state index contributed by atoms with van der Waals surface area (Å²) in [6.07, 6.45) is -0.442. The number of aliphatic carboxylic acids is 1. The van der Waals surface area contributed by atoms with Crippen LogP contribution in [0.1, 0.15) is 12.8 Å². The molecule has 0 bridgehead atoms. The zero-order chi connectivity index (χ0) is 16.8. The van der Waals surface area contributed by atoms with Crippen molar-refractivity contribution in [3.63, 3.8) is 0 Å². The highest BCUT2D eigenvalue weighted by molar-refractivity contribution is 5.76. The summed E-state index contributed by atoms with van der Waals surface area (Å²) in [5, 5.41) is 11.3. The van der Waals surface area contributed by atoms with E-state index in [2.05, 4.69) is 15.3 Å². The SMILES string of the molecule is Nc1nc2c(c(=O)[nH]1)NCN2COCCOC(=O)CCC(=O)O. The number of aromatic nitrogens is 2. The average Bonchev–Trinajstić information content (AvgIpc) is 2.88. The molecule has 1 aromatic rings. The molecule has 11 nitrogen and oxygen atoms in total. The third kappa shape index (κ3) is 4.57. The third-order valence-corrected chi connectivity index (χ3v) is 2.95. The first-order chi connectivity index (χ1) is 11.0. The lowest BCUT2D eigenvalue weighted by atomic mass is 10.3. The van der Waals surface area contributed by atoms with Crippen molar-refractivity contribution in [2.45, 2.75) is 12.8 Å². The van der Waals surface area contributed by atoms with Crippen LogP contribution >= 0.6 is 0 Å². The third-order valence-electron chi connectivity index (χ3n) is 2.95. The summed E-state index contributed by atoms with van der Waals surface area (Å²) >= 11 is 0. The summed E-state index contributed by atoms with van der Waals surface area (Å²) in [5.41, 5.74) is 5.46. The van der Waals surface area contributed by atoms with E-state index in [0.717, 1.165) is 0 Å². The molecule has 1 aliphatic rings. The van der Waals surface area contributed by atoms with Gasteiger partial charge in [-0.05, 0) is 0 Å². The number of nitrogens with one attached hydrogen (secondary N) is 2. The minimum Gasteiger partial charge on any atom is -0.481 e. The van der Waals surface area contributed by atoms with Crippen LogP contribution < -0.4 is 21.5 Å². The number of fused-ring (bicyclic) bond motifs is 1. The highest BCUT2D eigenvalue weighted by Crippen LogP contribution is 2.24. The molecule has 1 aliphatic heterocycles. The molecule has 0 atom stereocenters. The highest BCUT2D eigenvalue weighted by atomic mass is 16.6. The minimum atomic E-state index is -1.06. The van der Waals surface area contributed by atoms with Crippen LogP contribution in [-0.2, 0) is 19.1 Å². The fraction of sp³-hybridized carbons (Fsp3) is 0.500. The van der Waals surface area contributed by atoms with Crippen molar-refractivity contribution in [2.75, 3.05) is 42.6 Å². The number of hydrogen-bond donors (Lipinski definition) is 4. The number of nitrogen functional groups attached to an aromatic ring is 1. The molecule has 0 saturated heterocycles. The number of ether oxygens (including phenoxy) is 2.